The van der Waals surface area contributed by atoms with Crippen molar-refractivity contribution in [2.45, 2.75) is 45.1 Å². The van der Waals surface area contributed by atoms with Crippen molar-refractivity contribution >= 4 is 27.4 Å². The number of anilines is 1. The van der Waals surface area contributed by atoms with Crippen LogP contribution in [0.15, 0.2) is 10.5 Å². The van der Waals surface area contributed by atoms with Crippen LogP contribution in [0.4, 0.5) is 5.69 Å². The number of halogens is 1. The molecule has 0 amide bonds. The van der Waals surface area contributed by atoms with Gasteiger partial charge in [0.25, 0.3) is 0 Å². The van der Waals surface area contributed by atoms with Crippen LogP contribution in [-0.4, -0.2) is 17.9 Å². The highest BCUT2D eigenvalue weighted by atomic mass is 79.9. The van der Waals surface area contributed by atoms with Crippen molar-refractivity contribution in [3.8, 4) is 5.75 Å². The number of hydrogen-bond donors (Lipinski definition) is 1. The van der Waals surface area contributed by atoms with E-state index in [1.807, 2.05) is 33.8 Å². The van der Waals surface area contributed by atoms with E-state index in [1.165, 1.54) is 5.56 Å². The number of rotatable bonds is 0. The first kappa shape index (κ1) is 13.0. The van der Waals surface area contributed by atoms with E-state index in [0.717, 1.165) is 27.9 Å². The Bertz CT molecular complexity index is 590. The molecule has 0 aliphatic carbocycles. The van der Waals surface area contributed by atoms with Gasteiger partial charge >= 0.3 is 0 Å². The van der Waals surface area contributed by atoms with Gasteiger partial charge in [0.1, 0.15) is 5.75 Å². The maximum absolute atomic E-state index is 12.6. The number of Topliss-reactive ketones (excluding diaryl/α,β-unsaturated/α-hetero) is 1. The Hall–Kier alpha value is -1.03. The van der Waals surface area contributed by atoms with Crippen LogP contribution in [0.5, 0.6) is 5.75 Å². The Kier molecular flexibility index (Phi) is 2.56. The Labute approximate surface area is 121 Å². The smallest absolute Gasteiger partial charge is 0.167 e. The van der Waals surface area contributed by atoms with Crippen LogP contribution in [0.1, 0.15) is 38.8 Å². The fourth-order valence-electron chi connectivity index (χ4n) is 3.24. The standard InChI is InChI=1S/C15H18BrNO2/c1-14(2)9-7-10(16)12-8(5-6-19-12)11(9)17-15(3,4)13(14)18/h7,17H,5-6H2,1-4H3. The maximum Gasteiger partial charge on any atom is 0.167 e. The highest BCUT2D eigenvalue weighted by Gasteiger charge is 2.47. The number of nitrogens with one attached hydrogen (secondary N) is 1. The van der Waals surface area contributed by atoms with Crippen molar-refractivity contribution in [3.05, 3.63) is 21.7 Å². The first-order chi connectivity index (χ1) is 8.75. The zero-order valence-corrected chi connectivity index (χ0v) is 13.3. The third-order valence-corrected chi connectivity index (χ3v) is 4.77. The molecule has 0 atom stereocenters. The van der Waals surface area contributed by atoms with Gasteiger partial charge in [-0.3, -0.25) is 4.79 Å². The lowest BCUT2D eigenvalue weighted by Gasteiger charge is -2.42. The topological polar surface area (TPSA) is 38.3 Å². The van der Waals surface area contributed by atoms with E-state index in [1.54, 1.807) is 0 Å². The Morgan fingerprint density at radius 2 is 2.00 bits per heavy atom. The zero-order chi connectivity index (χ0) is 14.0. The zero-order valence-electron chi connectivity index (χ0n) is 11.7. The minimum atomic E-state index is -0.541. The van der Waals surface area contributed by atoms with Gasteiger partial charge in [0.05, 0.1) is 22.0 Å². The molecule has 0 fully saturated rings. The predicted molar refractivity (Wildman–Crippen MR) is 79.1 cm³/mol. The SMILES string of the molecule is CC1(C)Nc2c(cc(Br)c3c2CCO3)C(C)(C)C1=O. The van der Waals surface area contributed by atoms with Crippen LogP contribution in [0, 0.1) is 0 Å². The molecule has 102 valence electrons. The monoisotopic (exact) mass is 323 g/mol. The number of carbonyl (C=O) groups excluding carboxylic acids is 1. The highest BCUT2D eigenvalue weighted by molar-refractivity contribution is 9.10. The molecule has 1 aromatic carbocycles. The first-order valence-electron chi connectivity index (χ1n) is 6.57. The Morgan fingerprint density at radius 3 is 2.68 bits per heavy atom. The summed E-state index contributed by atoms with van der Waals surface area (Å²) >= 11 is 3.56. The van der Waals surface area contributed by atoms with Gasteiger partial charge in [-0.25, -0.2) is 0 Å². The molecule has 2 aliphatic heterocycles. The maximum atomic E-state index is 12.6. The fraction of sp³-hybridized carbons (Fsp3) is 0.533. The molecular formula is C15H18BrNO2. The molecule has 2 aliphatic rings. The van der Waals surface area contributed by atoms with Gasteiger partial charge in [0.2, 0.25) is 0 Å². The van der Waals surface area contributed by atoms with Crippen molar-refractivity contribution in [1.82, 2.24) is 0 Å². The summed E-state index contributed by atoms with van der Waals surface area (Å²) in [5.74, 6) is 1.14. The molecule has 0 bridgehead atoms. The first-order valence-corrected chi connectivity index (χ1v) is 7.36. The van der Waals surface area contributed by atoms with Crippen molar-refractivity contribution in [2.24, 2.45) is 0 Å². The van der Waals surface area contributed by atoms with Crippen molar-refractivity contribution in [2.75, 3.05) is 11.9 Å². The summed E-state index contributed by atoms with van der Waals surface area (Å²) in [5.41, 5.74) is 2.32. The van der Waals surface area contributed by atoms with Crippen LogP contribution >= 0.6 is 15.9 Å². The molecular weight excluding hydrogens is 306 g/mol. The third-order valence-electron chi connectivity index (χ3n) is 4.18. The summed E-state index contributed by atoms with van der Waals surface area (Å²) < 4.78 is 6.63. The lowest BCUT2D eigenvalue weighted by atomic mass is 9.69. The minimum Gasteiger partial charge on any atom is -0.492 e. The lowest BCUT2D eigenvalue weighted by Crippen LogP contribution is -2.53. The van der Waals surface area contributed by atoms with E-state index in [4.69, 9.17) is 4.74 Å². The van der Waals surface area contributed by atoms with Crippen LogP contribution < -0.4 is 10.1 Å². The summed E-state index contributed by atoms with van der Waals surface area (Å²) in [6.45, 7) is 8.62. The summed E-state index contributed by atoms with van der Waals surface area (Å²) in [7, 11) is 0. The van der Waals surface area contributed by atoms with Crippen molar-refractivity contribution in [1.29, 1.82) is 0 Å². The quantitative estimate of drug-likeness (QED) is 0.794. The van der Waals surface area contributed by atoms with Gasteiger partial charge in [-0.15, -0.1) is 0 Å². The highest BCUT2D eigenvalue weighted by Crippen LogP contribution is 2.49. The van der Waals surface area contributed by atoms with E-state index < -0.39 is 11.0 Å². The molecule has 0 radical (unpaired) electrons. The molecule has 0 aromatic heterocycles. The lowest BCUT2D eigenvalue weighted by molar-refractivity contribution is -0.127. The van der Waals surface area contributed by atoms with E-state index in [9.17, 15) is 4.79 Å². The fourth-order valence-corrected chi connectivity index (χ4v) is 3.83. The molecule has 0 saturated carbocycles. The molecule has 4 heteroatoms. The van der Waals surface area contributed by atoms with E-state index in [0.29, 0.717) is 6.61 Å². The number of ketones is 1. The normalized spacial score (nSPS) is 22.3. The molecule has 0 saturated heterocycles. The van der Waals surface area contributed by atoms with Gasteiger partial charge < -0.3 is 10.1 Å². The van der Waals surface area contributed by atoms with Crippen LogP contribution in [0.2, 0.25) is 0 Å². The molecule has 2 heterocycles. The van der Waals surface area contributed by atoms with Gasteiger partial charge in [-0.1, -0.05) is 0 Å². The minimum absolute atomic E-state index is 0.221. The Morgan fingerprint density at radius 1 is 1.32 bits per heavy atom. The van der Waals surface area contributed by atoms with Crippen molar-refractivity contribution in [3.63, 3.8) is 0 Å². The number of fused-ring (bicyclic) bond motifs is 3. The van der Waals surface area contributed by atoms with Gasteiger partial charge in [0.15, 0.2) is 5.78 Å². The second kappa shape index (κ2) is 3.75. The van der Waals surface area contributed by atoms with E-state index in [2.05, 4.69) is 21.2 Å². The summed E-state index contributed by atoms with van der Waals surface area (Å²) in [5, 5.41) is 3.42. The average Bonchev–Trinajstić information content (AvgIpc) is 2.79. The second-order valence-corrected chi connectivity index (χ2v) is 7.25. The van der Waals surface area contributed by atoms with E-state index in [-0.39, 0.29) is 5.78 Å². The number of carbonyl (C=O) groups is 1. The molecule has 1 aromatic rings. The number of hydrogen-bond acceptors (Lipinski definition) is 3. The second-order valence-electron chi connectivity index (χ2n) is 6.39. The van der Waals surface area contributed by atoms with Crippen molar-refractivity contribution < 1.29 is 9.53 Å². The summed E-state index contributed by atoms with van der Waals surface area (Å²) in [4.78, 5) is 12.6. The Balaban J connectivity index is 2.31. The van der Waals surface area contributed by atoms with Gasteiger partial charge in [0, 0.05) is 17.7 Å². The molecule has 1 N–H and O–H groups in total. The summed E-state index contributed by atoms with van der Waals surface area (Å²) in [6.07, 6.45) is 0.893. The molecule has 0 unspecified atom stereocenters. The predicted octanol–water partition coefficient (Wildman–Crippen LogP) is 3.43. The van der Waals surface area contributed by atoms with Crippen LogP contribution in [-0.2, 0) is 16.6 Å². The number of benzene rings is 1. The largest absolute Gasteiger partial charge is 0.492 e. The summed E-state index contributed by atoms with van der Waals surface area (Å²) in [6, 6.07) is 2.03. The number of ether oxygens (including phenoxy) is 1. The van der Waals surface area contributed by atoms with Crippen LogP contribution in [0.25, 0.3) is 0 Å². The molecule has 3 rings (SSSR count). The molecule has 3 nitrogen and oxygen atoms in total. The van der Waals surface area contributed by atoms with Gasteiger partial charge in [-0.05, 0) is 55.3 Å². The van der Waals surface area contributed by atoms with Crippen LogP contribution in [0.3, 0.4) is 0 Å². The van der Waals surface area contributed by atoms with Gasteiger partial charge in [-0.2, -0.15) is 0 Å². The molecule has 19 heavy (non-hydrogen) atoms. The third kappa shape index (κ3) is 1.65. The van der Waals surface area contributed by atoms with E-state index >= 15 is 0 Å². The average molecular weight is 324 g/mol. The molecule has 0 spiro atoms.